The van der Waals surface area contributed by atoms with Crippen molar-refractivity contribution in [2.75, 3.05) is 6.26 Å². The minimum atomic E-state index is -0.0200. The third-order valence-corrected chi connectivity index (χ3v) is 4.40. The molecule has 2 aromatic carbocycles. The lowest BCUT2D eigenvalue weighted by Gasteiger charge is -2.18. The predicted octanol–water partition coefficient (Wildman–Crippen LogP) is 4.52. The second kappa shape index (κ2) is 6.81. The van der Waals surface area contributed by atoms with Gasteiger partial charge in [-0.15, -0.1) is 11.8 Å². The van der Waals surface area contributed by atoms with Crippen LogP contribution in [-0.4, -0.2) is 12.2 Å². The maximum absolute atomic E-state index is 12.5. The van der Waals surface area contributed by atoms with E-state index in [1.165, 1.54) is 16.7 Å². The highest BCUT2D eigenvalue weighted by atomic mass is 32.2. The number of rotatable bonds is 4. The largest absolute Gasteiger partial charge is 0.345 e. The Morgan fingerprint density at radius 2 is 1.86 bits per heavy atom. The van der Waals surface area contributed by atoms with Gasteiger partial charge in [0.25, 0.3) is 5.91 Å². The Labute approximate surface area is 131 Å². The Kier molecular flexibility index (Phi) is 5.07. The first-order chi connectivity index (χ1) is 10.0. The Hall–Kier alpha value is -1.74. The second-order valence-corrected chi connectivity index (χ2v) is 6.10. The molecule has 21 heavy (non-hydrogen) atoms. The SMILES string of the molecule is CSc1ccccc1C(=O)N[C@@H](C)c1cc(C)ccc1C. The molecular formula is C18H21NOS. The number of aryl methyl sites for hydroxylation is 2. The van der Waals surface area contributed by atoms with E-state index in [9.17, 15) is 4.79 Å². The van der Waals surface area contributed by atoms with Crippen LogP contribution in [0.4, 0.5) is 0 Å². The van der Waals surface area contributed by atoms with Gasteiger partial charge in [0.05, 0.1) is 11.6 Å². The molecule has 2 nitrogen and oxygen atoms in total. The van der Waals surface area contributed by atoms with Crippen LogP contribution >= 0.6 is 11.8 Å². The molecule has 0 saturated heterocycles. The molecule has 1 N–H and O–H groups in total. The summed E-state index contributed by atoms with van der Waals surface area (Å²) in [6.45, 7) is 6.18. The van der Waals surface area contributed by atoms with E-state index < -0.39 is 0 Å². The lowest BCUT2D eigenvalue weighted by atomic mass is 10.00. The molecule has 0 aliphatic rings. The van der Waals surface area contributed by atoms with E-state index in [1.807, 2.05) is 37.4 Å². The van der Waals surface area contributed by atoms with E-state index >= 15 is 0 Å². The summed E-state index contributed by atoms with van der Waals surface area (Å²) in [6.07, 6.45) is 1.99. The molecule has 0 aliphatic heterocycles. The van der Waals surface area contributed by atoms with Crippen molar-refractivity contribution in [1.82, 2.24) is 5.32 Å². The monoisotopic (exact) mass is 299 g/mol. The summed E-state index contributed by atoms with van der Waals surface area (Å²) in [4.78, 5) is 13.5. The van der Waals surface area contributed by atoms with E-state index in [0.717, 1.165) is 10.5 Å². The smallest absolute Gasteiger partial charge is 0.252 e. The average molecular weight is 299 g/mol. The quantitative estimate of drug-likeness (QED) is 0.841. The van der Waals surface area contributed by atoms with E-state index in [2.05, 4.69) is 37.4 Å². The van der Waals surface area contributed by atoms with Crippen molar-refractivity contribution in [1.29, 1.82) is 0 Å². The van der Waals surface area contributed by atoms with Crippen LogP contribution in [0.5, 0.6) is 0 Å². The molecule has 2 aromatic rings. The lowest BCUT2D eigenvalue weighted by Crippen LogP contribution is -2.27. The van der Waals surface area contributed by atoms with Crippen molar-refractivity contribution in [3.8, 4) is 0 Å². The van der Waals surface area contributed by atoms with Gasteiger partial charge in [0.2, 0.25) is 0 Å². The van der Waals surface area contributed by atoms with Gasteiger partial charge in [0, 0.05) is 4.90 Å². The fraction of sp³-hybridized carbons (Fsp3) is 0.278. The molecule has 110 valence electrons. The molecule has 0 spiro atoms. The highest BCUT2D eigenvalue weighted by Crippen LogP contribution is 2.22. The third kappa shape index (κ3) is 3.67. The van der Waals surface area contributed by atoms with Crippen LogP contribution in [0.25, 0.3) is 0 Å². The molecule has 0 aliphatic carbocycles. The zero-order valence-electron chi connectivity index (χ0n) is 12.9. The van der Waals surface area contributed by atoms with Crippen LogP contribution < -0.4 is 5.32 Å². The summed E-state index contributed by atoms with van der Waals surface area (Å²) in [5, 5.41) is 3.10. The number of thioether (sulfide) groups is 1. The van der Waals surface area contributed by atoms with Crippen molar-refractivity contribution in [2.24, 2.45) is 0 Å². The predicted molar refractivity (Wildman–Crippen MR) is 90.0 cm³/mol. The lowest BCUT2D eigenvalue weighted by molar-refractivity contribution is 0.0937. The van der Waals surface area contributed by atoms with Crippen molar-refractivity contribution in [2.45, 2.75) is 31.7 Å². The summed E-state index contributed by atoms with van der Waals surface area (Å²) in [5.74, 6) is -0.0200. The first-order valence-corrected chi connectivity index (χ1v) is 8.26. The van der Waals surface area contributed by atoms with Crippen molar-refractivity contribution in [3.05, 3.63) is 64.7 Å². The van der Waals surface area contributed by atoms with Crippen molar-refractivity contribution in [3.63, 3.8) is 0 Å². The average Bonchev–Trinajstić information content (AvgIpc) is 2.49. The number of nitrogens with one attached hydrogen (secondary N) is 1. The summed E-state index contributed by atoms with van der Waals surface area (Å²) >= 11 is 1.59. The van der Waals surface area contributed by atoms with Crippen molar-refractivity contribution < 1.29 is 4.79 Å². The number of benzene rings is 2. The topological polar surface area (TPSA) is 29.1 Å². The van der Waals surface area contributed by atoms with Gasteiger partial charge in [0.1, 0.15) is 0 Å². The molecule has 0 saturated carbocycles. The zero-order chi connectivity index (χ0) is 15.4. The second-order valence-electron chi connectivity index (χ2n) is 5.26. The van der Waals surface area contributed by atoms with Gasteiger partial charge >= 0.3 is 0 Å². The van der Waals surface area contributed by atoms with Crippen LogP contribution in [0.1, 0.15) is 40.0 Å². The highest BCUT2D eigenvalue weighted by molar-refractivity contribution is 7.98. The molecule has 0 radical (unpaired) electrons. The first kappa shape index (κ1) is 15.6. The molecule has 0 fully saturated rings. The summed E-state index contributed by atoms with van der Waals surface area (Å²) in [5.41, 5.74) is 4.32. The van der Waals surface area contributed by atoms with E-state index in [0.29, 0.717) is 0 Å². The number of amides is 1. The van der Waals surface area contributed by atoms with Gasteiger partial charge in [0.15, 0.2) is 0 Å². The van der Waals surface area contributed by atoms with E-state index in [-0.39, 0.29) is 11.9 Å². The number of carbonyl (C=O) groups excluding carboxylic acids is 1. The fourth-order valence-electron chi connectivity index (χ4n) is 2.41. The van der Waals surface area contributed by atoms with Crippen LogP contribution in [0.3, 0.4) is 0 Å². The number of carbonyl (C=O) groups is 1. The van der Waals surface area contributed by atoms with Gasteiger partial charge in [-0.3, -0.25) is 4.79 Å². The van der Waals surface area contributed by atoms with Crippen molar-refractivity contribution >= 4 is 17.7 Å². The molecule has 3 heteroatoms. The maximum atomic E-state index is 12.5. The van der Waals surface area contributed by atoms with Gasteiger partial charge in [-0.1, -0.05) is 35.9 Å². The zero-order valence-corrected chi connectivity index (χ0v) is 13.8. The fourth-order valence-corrected chi connectivity index (χ4v) is 3.01. The minimum Gasteiger partial charge on any atom is -0.345 e. The van der Waals surface area contributed by atoms with Gasteiger partial charge in [-0.2, -0.15) is 0 Å². The van der Waals surface area contributed by atoms with Crippen LogP contribution in [-0.2, 0) is 0 Å². The Bertz CT molecular complexity index is 651. The number of hydrogen-bond donors (Lipinski definition) is 1. The highest BCUT2D eigenvalue weighted by Gasteiger charge is 2.15. The van der Waals surface area contributed by atoms with Gasteiger partial charge < -0.3 is 5.32 Å². The molecule has 2 rings (SSSR count). The first-order valence-electron chi connectivity index (χ1n) is 7.04. The standard InChI is InChI=1S/C18H21NOS/c1-12-9-10-13(2)16(11-12)14(3)19-18(20)15-7-5-6-8-17(15)21-4/h5-11,14H,1-4H3,(H,19,20)/t14-/m0/s1. The summed E-state index contributed by atoms with van der Waals surface area (Å²) < 4.78 is 0. The van der Waals surface area contributed by atoms with Gasteiger partial charge in [-0.05, 0) is 50.3 Å². The summed E-state index contributed by atoms with van der Waals surface area (Å²) in [7, 11) is 0. The Balaban J connectivity index is 2.21. The molecule has 0 bridgehead atoms. The normalized spacial score (nSPS) is 12.0. The van der Waals surface area contributed by atoms with Crippen LogP contribution in [0, 0.1) is 13.8 Å². The van der Waals surface area contributed by atoms with E-state index in [4.69, 9.17) is 0 Å². The van der Waals surface area contributed by atoms with Gasteiger partial charge in [-0.25, -0.2) is 0 Å². The number of hydrogen-bond acceptors (Lipinski definition) is 2. The van der Waals surface area contributed by atoms with E-state index in [1.54, 1.807) is 11.8 Å². The maximum Gasteiger partial charge on any atom is 0.252 e. The molecular weight excluding hydrogens is 278 g/mol. The molecule has 0 heterocycles. The van der Waals surface area contributed by atoms with Crippen LogP contribution in [0.15, 0.2) is 47.4 Å². The molecule has 0 aromatic heterocycles. The van der Waals surface area contributed by atoms with Crippen LogP contribution in [0.2, 0.25) is 0 Å². The molecule has 1 amide bonds. The molecule has 0 unspecified atom stereocenters. The third-order valence-electron chi connectivity index (χ3n) is 3.60. The Morgan fingerprint density at radius 3 is 2.57 bits per heavy atom. The molecule has 1 atom stereocenters. The minimum absolute atomic E-state index is 0.00712. The summed E-state index contributed by atoms with van der Waals surface area (Å²) in [6, 6.07) is 14.0. The Morgan fingerprint density at radius 1 is 1.14 bits per heavy atom.